The van der Waals surface area contributed by atoms with Gasteiger partial charge in [-0.1, -0.05) is 43.2 Å². The van der Waals surface area contributed by atoms with E-state index in [1.807, 2.05) is 26.0 Å². The van der Waals surface area contributed by atoms with Crippen LogP contribution >= 0.6 is 0 Å². The van der Waals surface area contributed by atoms with Gasteiger partial charge in [-0.25, -0.2) is 21.6 Å². The first-order chi connectivity index (χ1) is 14.2. The highest BCUT2D eigenvalue weighted by molar-refractivity contribution is 7.89. The van der Waals surface area contributed by atoms with Crippen LogP contribution < -0.4 is 4.72 Å². The van der Waals surface area contributed by atoms with E-state index in [2.05, 4.69) is 4.72 Å². The minimum absolute atomic E-state index is 0.197. The zero-order valence-corrected chi connectivity index (χ0v) is 19.2. The van der Waals surface area contributed by atoms with Crippen molar-refractivity contribution in [2.75, 3.05) is 13.1 Å². The van der Waals surface area contributed by atoms with E-state index < -0.39 is 20.0 Å². The molecule has 2 aromatic carbocycles. The molecule has 2 aromatic rings. The zero-order valence-electron chi connectivity index (χ0n) is 17.5. The predicted molar refractivity (Wildman–Crippen MR) is 118 cm³/mol. The quantitative estimate of drug-likeness (QED) is 0.667. The van der Waals surface area contributed by atoms with E-state index in [0.717, 1.165) is 36.8 Å². The molecular formula is C22H30N2O4S2. The van der Waals surface area contributed by atoms with Gasteiger partial charge in [0.05, 0.1) is 9.79 Å². The Morgan fingerprint density at radius 1 is 0.933 bits per heavy atom. The molecule has 1 aliphatic rings. The summed E-state index contributed by atoms with van der Waals surface area (Å²) < 4.78 is 55.6. The molecule has 8 heteroatoms. The van der Waals surface area contributed by atoms with Gasteiger partial charge in [0, 0.05) is 19.1 Å². The fourth-order valence-electron chi connectivity index (χ4n) is 3.77. The smallest absolute Gasteiger partial charge is 0.211 e. The molecule has 1 aliphatic heterocycles. The number of sulfonamides is 2. The lowest BCUT2D eigenvalue weighted by Gasteiger charge is -2.34. The van der Waals surface area contributed by atoms with Gasteiger partial charge in [-0.3, -0.25) is 0 Å². The lowest BCUT2D eigenvalue weighted by molar-refractivity contribution is 0.242. The number of hydrogen-bond donors (Lipinski definition) is 1. The third kappa shape index (κ3) is 5.29. The van der Waals surface area contributed by atoms with E-state index in [4.69, 9.17) is 0 Å². The molecule has 1 heterocycles. The lowest BCUT2D eigenvalue weighted by atomic mass is 10.0. The van der Waals surface area contributed by atoms with Gasteiger partial charge in [-0.15, -0.1) is 0 Å². The van der Waals surface area contributed by atoms with Gasteiger partial charge < -0.3 is 0 Å². The number of aryl methyl sites for hydroxylation is 2. The summed E-state index contributed by atoms with van der Waals surface area (Å²) in [5, 5.41) is 0. The van der Waals surface area contributed by atoms with E-state index in [0.29, 0.717) is 13.0 Å². The van der Waals surface area contributed by atoms with Gasteiger partial charge in [0.15, 0.2) is 0 Å². The average molecular weight is 451 g/mol. The SMILES string of the molecule is CCc1ccc(S(=O)(=O)NCCC2CCCCN2S(=O)(=O)c2ccc(C)cc2)cc1. The second-order valence-electron chi connectivity index (χ2n) is 7.76. The van der Waals surface area contributed by atoms with Crippen LogP contribution in [0.5, 0.6) is 0 Å². The summed E-state index contributed by atoms with van der Waals surface area (Å²) in [4.78, 5) is 0.518. The molecular weight excluding hydrogens is 420 g/mol. The second-order valence-corrected chi connectivity index (χ2v) is 11.4. The average Bonchev–Trinajstić information content (AvgIpc) is 2.74. The number of nitrogens with one attached hydrogen (secondary N) is 1. The second kappa shape index (κ2) is 9.60. The van der Waals surface area contributed by atoms with Crippen molar-refractivity contribution in [1.82, 2.24) is 9.03 Å². The predicted octanol–water partition coefficient (Wildman–Crippen LogP) is 3.47. The normalized spacial score (nSPS) is 18.4. The van der Waals surface area contributed by atoms with Crippen LogP contribution in [0.15, 0.2) is 58.3 Å². The molecule has 0 saturated carbocycles. The van der Waals surface area contributed by atoms with Crippen LogP contribution in [0, 0.1) is 6.92 Å². The van der Waals surface area contributed by atoms with Gasteiger partial charge in [0.25, 0.3) is 0 Å². The number of hydrogen-bond acceptors (Lipinski definition) is 4. The van der Waals surface area contributed by atoms with Gasteiger partial charge in [-0.05, 0) is 62.4 Å². The summed E-state index contributed by atoms with van der Waals surface area (Å²) in [5.41, 5.74) is 2.08. The molecule has 1 N–H and O–H groups in total. The molecule has 164 valence electrons. The molecule has 1 unspecified atom stereocenters. The highest BCUT2D eigenvalue weighted by Gasteiger charge is 2.33. The minimum atomic E-state index is -3.61. The Hall–Kier alpha value is -1.74. The summed E-state index contributed by atoms with van der Waals surface area (Å²) in [7, 11) is -7.21. The molecule has 0 bridgehead atoms. The molecule has 0 aromatic heterocycles. The van der Waals surface area contributed by atoms with E-state index in [-0.39, 0.29) is 22.4 Å². The van der Waals surface area contributed by atoms with Crippen LogP contribution in [0.1, 0.15) is 43.7 Å². The largest absolute Gasteiger partial charge is 0.243 e. The van der Waals surface area contributed by atoms with Crippen LogP contribution in [0.2, 0.25) is 0 Å². The van der Waals surface area contributed by atoms with Gasteiger partial charge in [0.2, 0.25) is 20.0 Å². The molecule has 1 fully saturated rings. The Bertz CT molecular complexity index is 1050. The van der Waals surface area contributed by atoms with Crippen molar-refractivity contribution in [3.63, 3.8) is 0 Å². The zero-order chi connectivity index (χ0) is 21.8. The highest BCUT2D eigenvalue weighted by atomic mass is 32.2. The molecule has 3 rings (SSSR count). The Kier molecular flexibility index (Phi) is 7.34. The van der Waals surface area contributed by atoms with Gasteiger partial charge in [-0.2, -0.15) is 4.31 Å². The number of nitrogens with zero attached hydrogens (tertiary/aromatic N) is 1. The summed E-state index contributed by atoms with van der Waals surface area (Å²) in [6.07, 6.45) is 3.78. The van der Waals surface area contributed by atoms with E-state index in [9.17, 15) is 16.8 Å². The molecule has 6 nitrogen and oxygen atoms in total. The Morgan fingerprint density at radius 2 is 1.57 bits per heavy atom. The Labute approximate surface area is 180 Å². The first kappa shape index (κ1) is 22.9. The standard InChI is InChI=1S/C22H30N2O4S2/c1-3-19-9-13-21(14-10-19)29(25,26)23-16-15-20-6-4-5-17-24(20)30(27,28)22-11-7-18(2)8-12-22/h7-14,20,23H,3-6,15-17H2,1-2H3. The number of piperidine rings is 1. The molecule has 1 atom stereocenters. The molecule has 1 saturated heterocycles. The summed E-state index contributed by atoms with van der Waals surface area (Å²) in [5.74, 6) is 0. The van der Waals surface area contributed by atoms with Gasteiger partial charge >= 0.3 is 0 Å². The topological polar surface area (TPSA) is 83.6 Å². The Balaban J connectivity index is 1.67. The highest BCUT2D eigenvalue weighted by Crippen LogP contribution is 2.27. The number of benzene rings is 2. The van der Waals surface area contributed by atoms with E-state index in [1.54, 1.807) is 40.7 Å². The number of rotatable bonds is 8. The van der Waals surface area contributed by atoms with Crippen molar-refractivity contribution < 1.29 is 16.8 Å². The fraction of sp³-hybridized carbons (Fsp3) is 0.455. The van der Waals surface area contributed by atoms with Crippen molar-refractivity contribution in [3.8, 4) is 0 Å². The summed E-state index contributed by atoms with van der Waals surface area (Å²) in [6.45, 7) is 4.60. The molecule has 0 spiro atoms. The van der Waals surface area contributed by atoms with Gasteiger partial charge in [0.1, 0.15) is 0 Å². The fourth-order valence-corrected chi connectivity index (χ4v) is 6.54. The molecule has 30 heavy (non-hydrogen) atoms. The van der Waals surface area contributed by atoms with Crippen molar-refractivity contribution in [1.29, 1.82) is 0 Å². The van der Waals surface area contributed by atoms with Crippen LogP contribution in [-0.4, -0.2) is 40.3 Å². The maximum Gasteiger partial charge on any atom is 0.243 e. The first-order valence-corrected chi connectivity index (χ1v) is 13.3. The van der Waals surface area contributed by atoms with E-state index >= 15 is 0 Å². The molecule has 0 aliphatic carbocycles. The van der Waals surface area contributed by atoms with Crippen LogP contribution in [0.4, 0.5) is 0 Å². The van der Waals surface area contributed by atoms with Crippen LogP contribution in [-0.2, 0) is 26.5 Å². The van der Waals surface area contributed by atoms with Crippen LogP contribution in [0.25, 0.3) is 0 Å². The minimum Gasteiger partial charge on any atom is -0.211 e. The first-order valence-electron chi connectivity index (χ1n) is 10.4. The molecule has 0 amide bonds. The van der Waals surface area contributed by atoms with E-state index in [1.165, 1.54) is 0 Å². The Morgan fingerprint density at radius 3 is 2.20 bits per heavy atom. The van der Waals surface area contributed by atoms with Crippen molar-refractivity contribution in [2.45, 2.75) is 61.8 Å². The van der Waals surface area contributed by atoms with Crippen molar-refractivity contribution in [3.05, 3.63) is 59.7 Å². The van der Waals surface area contributed by atoms with Crippen molar-refractivity contribution >= 4 is 20.0 Å². The summed E-state index contributed by atoms with van der Waals surface area (Å²) >= 11 is 0. The monoisotopic (exact) mass is 450 g/mol. The molecule has 0 radical (unpaired) electrons. The maximum absolute atomic E-state index is 13.1. The third-order valence-corrected chi connectivity index (χ3v) is 9.06. The lowest BCUT2D eigenvalue weighted by Crippen LogP contribution is -2.45. The maximum atomic E-state index is 13.1. The van der Waals surface area contributed by atoms with Crippen molar-refractivity contribution in [2.24, 2.45) is 0 Å². The summed E-state index contributed by atoms with van der Waals surface area (Å²) in [6, 6.07) is 13.5. The van der Waals surface area contributed by atoms with Crippen LogP contribution in [0.3, 0.4) is 0 Å². The third-order valence-electron chi connectivity index (χ3n) is 5.61.